The third kappa shape index (κ3) is 5.08. The van der Waals surface area contributed by atoms with Crippen molar-refractivity contribution in [1.82, 2.24) is 10.0 Å². The predicted molar refractivity (Wildman–Crippen MR) is 104 cm³/mol. The van der Waals surface area contributed by atoms with Gasteiger partial charge in [0, 0.05) is 11.7 Å². The van der Waals surface area contributed by atoms with Crippen molar-refractivity contribution in [2.24, 2.45) is 0 Å². The first-order valence-electron chi connectivity index (χ1n) is 8.78. The first-order valence-corrected chi connectivity index (χ1v) is 10.3. The lowest BCUT2D eigenvalue weighted by molar-refractivity contribution is -0.138. The Labute approximate surface area is 163 Å². The summed E-state index contributed by atoms with van der Waals surface area (Å²) >= 11 is 0. The maximum Gasteiger partial charge on any atom is 0.321 e. The highest BCUT2D eigenvalue weighted by Gasteiger charge is 2.23. The van der Waals surface area contributed by atoms with E-state index in [2.05, 4.69) is 15.4 Å². The molecule has 1 fully saturated rings. The summed E-state index contributed by atoms with van der Waals surface area (Å²) in [4.78, 5) is 22.8. The Balaban J connectivity index is 1.80. The molecule has 0 bridgehead atoms. The minimum atomic E-state index is -3.98. The fourth-order valence-corrected chi connectivity index (χ4v) is 3.79. The zero-order valence-corrected chi connectivity index (χ0v) is 16.0. The maximum absolute atomic E-state index is 12.4. The van der Waals surface area contributed by atoms with Crippen LogP contribution < -0.4 is 15.4 Å². The van der Waals surface area contributed by atoms with Crippen molar-refractivity contribution < 1.29 is 23.1 Å². The number of rotatable bonds is 7. The van der Waals surface area contributed by atoms with Gasteiger partial charge in [0.15, 0.2) is 0 Å². The van der Waals surface area contributed by atoms with E-state index in [0.29, 0.717) is 16.8 Å². The Morgan fingerprint density at radius 1 is 1.07 bits per heavy atom. The van der Waals surface area contributed by atoms with Crippen LogP contribution in [0.3, 0.4) is 0 Å². The highest BCUT2D eigenvalue weighted by atomic mass is 32.2. The van der Waals surface area contributed by atoms with E-state index >= 15 is 0 Å². The number of sulfonamides is 1. The van der Waals surface area contributed by atoms with E-state index in [-0.39, 0.29) is 17.0 Å². The van der Waals surface area contributed by atoms with Crippen molar-refractivity contribution >= 4 is 27.7 Å². The van der Waals surface area contributed by atoms with Crippen LogP contribution in [0.4, 0.5) is 10.5 Å². The maximum atomic E-state index is 12.4. The second-order valence-electron chi connectivity index (χ2n) is 6.66. The fourth-order valence-electron chi connectivity index (χ4n) is 2.55. The Bertz CT molecular complexity index is 1000. The molecule has 28 heavy (non-hydrogen) atoms. The van der Waals surface area contributed by atoms with Gasteiger partial charge in [0.2, 0.25) is 10.0 Å². The Kier molecular flexibility index (Phi) is 5.66. The summed E-state index contributed by atoms with van der Waals surface area (Å²) in [5, 5.41) is 14.5. The molecule has 0 radical (unpaired) electrons. The number of carbonyl (C=O) groups excluding carboxylic acids is 1. The molecule has 1 saturated carbocycles. The molecule has 8 nitrogen and oxygen atoms in total. The van der Waals surface area contributed by atoms with Gasteiger partial charge in [0.05, 0.1) is 4.90 Å². The lowest BCUT2D eigenvalue weighted by Crippen LogP contribution is -2.38. The third-order valence-corrected chi connectivity index (χ3v) is 5.75. The zero-order chi connectivity index (χ0) is 20.3. The minimum Gasteiger partial charge on any atom is -0.480 e. The normalized spacial score (nSPS) is 14.9. The molecule has 2 amide bonds. The van der Waals surface area contributed by atoms with Gasteiger partial charge < -0.3 is 15.7 Å². The number of hydrogen-bond acceptors (Lipinski definition) is 4. The SMILES string of the molecule is C[C@H](NS(=O)(=O)c1cccc(-c2cccc(NC(=O)NC3CC3)c2)c1)C(=O)O. The second-order valence-corrected chi connectivity index (χ2v) is 8.38. The van der Waals surface area contributed by atoms with Crippen molar-refractivity contribution in [2.75, 3.05) is 5.32 Å². The Hall–Kier alpha value is -2.91. The molecule has 9 heteroatoms. The number of nitrogens with one attached hydrogen (secondary N) is 3. The van der Waals surface area contributed by atoms with Gasteiger partial charge in [-0.15, -0.1) is 0 Å². The average Bonchev–Trinajstić information content (AvgIpc) is 3.45. The first-order chi connectivity index (χ1) is 13.2. The van der Waals surface area contributed by atoms with Crippen LogP contribution in [0.25, 0.3) is 11.1 Å². The molecule has 2 aromatic rings. The molecule has 0 unspecified atom stereocenters. The summed E-state index contributed by atoms with van der Waals surface area (Å²) in [6.07, 6.45) is 1.98. The molecule has 4 N–H and O–H groups in total. The van der Waals surface area contributed by atoms with Crippen LogP contribution >= 0.6 is 0 Å². The molecular formula is C19H21N3O5S. The summed E-state index contributed by atoms with van der Waals surface area (Å²) in [6, 6.07) is 11.9. The minimum absolute atomic E-state index is 0.0389. The first kappa shape index (κ1) is 19.8. The van der Waals surface area contributed by atoms with Gasteiger partial charge in [0.1, 0.15) is 6.04 Å². The van der Waals surface area contributed by atoms with Crippen molar-refractivity contribution in [3.63, 3.8) is 0 Å². The van der Waals surface area contributed by atoms with E-state index in [4.69, 9.17) is 5.11 Å². The number of benzene rings is 2. The Morgan fingerprint density at radius 3 is 2.36 bits per heavy atom. The number of amides is 2. The number of carboxylic acids is 1. The van der Waals surface area contributed by atoms with Crippen LogP contribution in [0.2, 0.25) is 0 Å². The lowest BCUT2D eigenvalue weighted by Gasteiger charge is -2.12. The molecule has 3 rings (SSSR count). The Morgan fingerprint density at radius 2 is 1.71 bits per heavy atom. The van der Waals surface area contributed by atoms with Crippen LogP contribution in [-0.4, -0.2) is 37.6 Å². The van der Waals surface area contributed by atoms with Crippen molar-refractivity contribution in [3.8, 4) is 11.1 Å². The molecule has 0 spiro atoms. The van der Waals surface area contributed by atoms with Gasteiger partial charge in [-0.25, -0.2) is 13.2 Å². The zero-order valence-electron chi connectivity index (χ0n) is 15.2. The van der Waals surface area contributed by atoms with E-state index in [1.807, 2.05) is 0 Å². The average molecular weight is 403 g/mol. The summed E-state index contributed by atoms with van der Waals surface area (Å²) in [6.45, 7) is 1.26. The van der Waals surface area contributed by atoms with Gasteiger partial charge in [0.25, 0.3) is 0 Å². The summed E-state index contributed by atoms with van der Waals surface area (Å²) < 4.78 is 26.9. The molecule has 1 atom stereocenters. The molecule has 2 aromatic carbocycles. The van der Waals surface area contributed by atoms with Crippen LogP contribution in [-0.2, 0) is 14.8 Å². The molecule has 148 valence electrons. The highest BCUT2D eigenvalue weighted by Crippen LogP contribution is 2.25. The molecule has 0 aromatic heterocycles. The highest BCUT2D eigenvalue weighted by molar-refractivity contribution is 7.89. The van der Waals surface area contributed by atoms with Crippen molar-refractivity contribution in [3.05, 3.63) is 48.5 Å². The van der Waals surface area contributed by atoms with Gasteiger partial charge in [-0.3, -0.25) is 4.79 Å². The topological polar surface area (TPSA) is 125 Å². The molecule has 0 heterocycles. The number of urea groups is 1. The van der Waals surface area contributed by atoms with Gasteiger partial charge in [-0.1, -0.05) is 24.3 Å². The number of hydrogen-bond donors (Lipinski definition) is 4. The predicted octanol–water partition coefficient (Wildman–Crippen LogP) is 2.39. The molecular weight excluding hydrogens is 382 g/mol. The van der Waals surface area contributed by atoms with E-state index in [1.165, 1.54) is 19.1 Å². The largest absolute Gasteiger partial charge is 0.480 e. The summed E-state index contributed by atoms with van der Waals surface area (Å²) in [5.74, 6) is -1.26. The molecule has 0 saturated heterocycles. The van der Waals surface area contributed by atoms with Crippen LogP contribution in [0, 0.1) is 0 Å². The molecule has 1 aliphatic rings. The van der Waals surface area contributed by atoms with Crippen molar-refractivity contribution in [1.29, 1.82) is 0 Å². The van der Waals surface area contributed by atoms with E-state index in [0.717, 1.165) is 12.8 Å². The monoisotopic (exact) mass is 403 g/mol. The van der Waals surface area contributed by atoms with Gasteiger partial charge in [-0.2, -0.15) is 4.72 Å². The fraction of sp³-hybridized carbons (Fsp3) is 0.263. The molecule has 0 aliphatic heterocycles. The smallest absolute Gasteiger partial charge is 0.321 e. The third-order valence-electron chi connectivity index (χ3n) is 4.21. The van der Waals surface area contributed by atoms with E-state index in [1.54, 1.807) is 36.4 Å². The van der Waals surface area contributed by atoms with E-state index in [9.17, 15) is 18.0 Å². The summed E-state index contributed by atoms with van der Waals surface area (Å²) in [7, 11) is -3.98. The lowest BCUT2D eigenvalue weighted by atomic mass is 10.1. The van der Waals surface area contributed by atoms with Crippen LogP contribution in [0.15, 0.2) is 53.4 Å². The second kappa shape index (κ2) is 7.99. The van der Waals surface area contributed by atoms with Gasteiger partial charge >= 0.3 is 12.0 Å². The quantitative estimate of drug-likeness (QED) is 0.565. The van der Waals surface area contributed by atoms with Crippen LogP contribution in [0.1, 0.15) is 19.8 Å². The number of carbonyl (C=O) groups is 2. The summed E-state index contributed by atoms with van der Waals surface area (Å²) in [5.41, 5.74) is 1.92. The van der Waals surface area contributed by atoms with Crippen molar-refractivity contribution in [2.45, 2.75) is 36.7 Å². The van der Waals surface area contributed by atoms with Crippen LogP contribution in [0.5, 0.6) is 0 Å². The number of carboxylic acid groups (broad SMARTS) is 1. The number of aliphatic carboxylic acids is 1. The standard InChI is InChI=1S/C19H21N3O5S/c1-12(18(23)24)22-28(26,27)17-7-3-5-14(11-17)13-4-2-6-16(10-13)21-19(25)20-15-8-9-15/h2-7,10-12,15,22H,8-9H2,1H3,(H,23,24)(H2,20,21,25)/t12-/m0/s1. The molecule has 1 aliphatic carbocycles. The van der Waals surface area contributed by atoms with E-state index < -0.39 is 22.0 Å². The van der Waals surface area contributed by atoms with Gasteiger partial charge in [-0.05, 0) is 55.2 Å². The number of anilines is 1.